The molecule has 0 saturated carbocycles. The van der Waals surface area contributed by atoms with E-state index in [9.17, 15) is 18.0 Å². The molecule has 1 fully saturated rings. The second-order valence-electron chi connectivity index (χ2n) is 6.51. The second kappa shape index (κ2) is 8.43. The number of carbonyl (C=O) groups is 2. The molecule has 1 aliphatic heterocycles. The van der Waals surface area contributed by atoms with Crippen LogP contribution in [0.25, 0.3) is 0 Å². The van der Waals surface area contributed by atoms with Crippen molar-refractivity contribution in [3.63, 3.8) is 0 Å². The molecule has 0 atom stereocenters. The van der Waals surface area contributed by atoms with Crippen molar-refractivity contribution in [1.82, 2.24) is 19.4 Å². The summed E-state index contributed by atoms with van der Waals surface area (Å²) in [6.45, 7) is 0.792. The van der Waals surface area contributed by atoms with Gasteiger partial charge in [-0.2, -0.15) is 4.31 Å². The molecular weight excluding hydrogens is 418 g/mol. The number of ether oxygens (including phenoxy) is 1. The molecular formula is C17H21N5O5S2. The highest BCUT2D eigenvalue weighted by molar-refractivity contribution is 7.91. The van der Waals surface area contributed by atoms with Gasteiger partial charge in [0.15, 0.2) is 11.5 Å². The zero-order valence-corrected chi connectivity index (χ0v) is 17.9. The van der Waals surface area contributed by atoms with Gasteiger partial charge in [0, 0.05) is 45.7 Å². The average Bonchev–Trinajstić information content (AvgIpc) is 3.24. The van der Waals surface area contributed by atoms with E-state index in [4.69, 9.17) is 0 Å². The van der Waals surface area contributed by atoms with Crippen LogP contribution in [0.1, 0.15) is 20.8 Å². The fourth-order valence-corrected chi connectivity index (χ4v) is 5.50. The first-order valence-electron chi connectivity index (χ1n) is 8.71. The number of sulfonamides is 1. The fourth-order valence-electron chi connectivity index (χ4n) is 2.78. The lowest BCUT2D eigenvalue weighted by Gasteiger charge is -2.33. The van der Waals surface area contributed by atoms with Gasteiger partial charge < -0.3 is 14.5 Å². The lowest BCUT2D eigenvalue weighted by molar-refractivity contribution is 0.0600. The number of hydrogen-bond donors (Lipinski definition) is 0. The van der Waals surface area contributed by atoms with Crippen molar-refractivity contribution in [2.24, 2.45) is 0 Å². The largest absolute Gasteiger partial charge is 0.465 e. The number of esters is 1. The van der Waals surface area contributed by atoms with Gasteiger partial charge in [-0.25, -0.2) is 13.2 Å². The Morgan fingerprint density at radius 3 is 2.38 bits per heavy atom. The highest BCUT2D eigenvalue weighted by Gasteiger charge is 2.32. The van der Waals surface area contributed by atoms with E-state index in [1.54, 1.807) is 21.9 Å². The van der Waals surface area contributed by atoms with Crippen LogP contribution in [0, 0.1) is 0 Å². The summed E-state index contributed by atoms with van der Waals surface area (Å²) in [6.07, 6.45) is 0. The molecule has 1 saturated heterocycles. The van der Waals surface area contributed by atoms with Crippen LogP contribution < -0.4 is 4.90 Å². The van der Waals surface area contributed by atoms with Crippen LogP contribution in [-0.2, 0) is 14.8 Å². The number of aromatic nitrogens is 2. The summed E-state index contributed by atoms with van der Waals surface area (Å²) in [7, 11) is 1.15. The highest BCUT2D eigenvalue weighted by atomic mass is 32.2. The summed E-state index contributed by atoms with van der Waals surface area (Å²) >= 11 is 0.968. The smallest absolute Gasteiger partial charge is 0.338 e. The van der Waals surface area contributed by atoms with Gasteiger partial charge in [0.25, 0.3) is 15.9 Å². The lowest BCUT2D eigenvalue weighted by atomic mass is 10.3. The summed E-state index contributed by atoms with van der Waals surface area (Å²) in [6, 6.07) is 4.62. The maximum atomic E-state index is 12.8. The van der Waals surface area contributed by atoms with Crippen molar-refractivity contribution in [1.29, 1.82) is 0 Å². The quantitative estimate of drug-likeness (QED) is 0.621. The molecule has 0 N–H and O–H groups in total. The number of amides is 1. The van der Waals surface area contributed by atoms with Crippen LogP contribution >= 0.6 is 11.3 Å². The zero-order valence-electron chi connectivity index (χ0n) is 16.2. The first-order valence-corrected chi connectivity index (χ1v) is 11.0. The predicted molar refractivity (Wildman–Crippen MR) is 107 cm³/mol. The molecule has 156 valence electrons. The topological polar surface area (TPSA) is 113 Å². The first kappa shape index (κ1) is 21.1. The SMILES string of the molecule is COC(=O)c1csc(S(=O)(=O)N2CCN(C(=O)c3ccc(N(C)C)nn3)CC2)c1. The van der Waals surface area contributed by atoms with Gasteiger partial charge in [-0.15, -0.1) is 21.5 Å². The Morgan fingerprint density at radius 1 is 1.14 bits per heavy atom. The Hall–Kier alpha value is -2.57. The molecule has 3 heterocycles. The summed E-state index contributed by atoms with van der Waals surface area (Å²) in [5.74, 6) is -0.233. The normalized spacial score (nSPS) is 15.2. The van der Waals surface area contributed by atoms with Crippen LogP contribution in [0.5, 0.6) is 0 Å². The van der Waals surface area contributed by atoms with Crippen molar-refractivity contribution in [3.8, 4) is 0 Å². The van der Waals surface area contributed by atoms with Crippen LogP contribution in [0.2, 0.25) is 0 Å². The molecule has 12 heteroatoms. The van der Waals surface area contributed by atoms with Crippen molar-refractivity contribution in [2.75, 3.05) is 52.3 Å². The summed E-state index contributed by atoms with van der Waals surface area (Å²) < 4.78 is 31.6. The predicted octanol–water partition coefficient (Wildman–Crippen LogP) is 0.537. The van der Waals surface area contributed by atoms with Crippen LogP contribution in [0.15, 0.2) is 27.8 Å². The van der Waals surface area contributed by atoms with Crippen LogP contribution in [0.3, 0.4) is 0 Å². The molecule has 29 heavy (non-hydrogen) atoms. The zero-order chi connectivity index (χ0) is 21.2. The molecule has 0 spiro atoms. The minimum absolute atomic E-state index is 0.0721. The van der Waals surface area contributed by atoms with Crippen molar-refractivity contribution in [3.05, 3.63) is 34.8 Å². The van der Waals surface area contributed by atoms with E-state index in [1.165, 1.54) is 22.9 Å². The molecule has 0 aromatic carbocycles. The standard InChI is InChI=1S/C17H21N5O5S2/c1-20(2)14-5-4-13(18-19-14)16(23)21-6-8-22(9-7-21)29(25,26)15-10-12(11-28-15)17(24)27-3/h4-5,10-11H,6-9H2,1-3H3. The molecule has 0 bridgehead atoms. The van der Waals surface area contributed by atoms with Crippen LogP contribution in [0.4, 0.5) is 5.82 Å². The number of thiophene rings is 1. The summed E-state index contributed by atoms with van der Waals surface area (Å²) in [5, 5.41) is 9.41. The first-order chi connectivity index (χ1) is 13.7. The Balaban J connectivity index is 1.65. The van der Waals surface area contributed by atoms with E-state index in [0.29, 0.717) is 5.82 Å². The molecule has 2 aromatic heterocycles. The van der Waals surface area contributed by atoms with E-state index in [0.717, 1.165) is 11.3 Å². The van der Waals surface area contributed by atoms with Gasteiger partial charge in [-0.3, -0.25) is 4.79 Å². The third kappa shape index (κ3) is 4.38. The molecule has 0 radical (unpaired) electrons. The van der Waals surface area contributed by atoms with E-state index in [-0.39, 0.29) is 47.6 Å². The number of nitrogens with zero attached hydrogens (tertiary/aromatic N) is 5. The highest BCUT2D eigenvalue weighted by Crippen LogP contribution is 2.25. The third-order valence-electron chi connectivity index (χ3n) is 4.44. The minimum Gasteiger partial charge on any atom is -0.465 e. The number of piperazine rings is 1. The molecule has 1 aliphatic rings. The average molecular weight is 440 g/mol. The number of carbonyl (C=O) groups excluding carboxylic acids is 2. The van der Waals surface area contributed by atoms with Crippen molar-refractivity contribution < 1.29 is 22.7 Å². The van der Waals surface area contributed by atoms with Crippen LogP contribution in [-0.4, -0.2) is 87.1 Å². The number of hydrogen-bond acceptors (Lipinski definition) is 9. The van der Waals surface area contributed by atoms with Crippen molar-refractivity contribution >= 4 is 39.1 Å². The number of methoxy groups -OCH3 is 1. The Bertz CT molecular complexity index is 995. The Kier molecular flexibility index (Phi) is 6.15. The third-order valence-corrected chi connectivity index (χ3v) is 7.76. The van der Waals surface area contributed by atoms with E-state index in [1.807, 2.05) is 14.1 Å². The Morgan fingerprint density at radius 2 is 1.83 bits per heavy atom. The van der Waals surface area contributed by atoms with Gasteiger partial charge in [0.05, 0.1) is 12.7 Å². The molecule has 2 aromatic rings. The van der Waals surface area contributed by atoms with Gasteiger partial charge >= 0.3 is 5.97 Å². The molecule has 1 amide bonds. The van der Waals surface area contributed by atoms with Gasteiger partial charge in [0.2, 0.25) is 0 Å². The fraction of sp³-hybridized carbons (Fsp3) is 0.412. The van der Waals surface area contributed by atoms with Gasteiger partial charge in [-0.05, 0) is 18.2 Å². The van der Waals surface area contributed by atoms with Gasteiger partial charge in [-0.1, -0.05) is 0 Å². The van der Waals surface area contributed by atoms with Crippen molar-refractivity contribution in [2.45, 2.75) is 4.21 Å². The molecule has 0 unspecified atom stereocenters. The second-order valence-corrected chi connectivity index (χ2v) is 9.59. The summed E-state index contributed by atoms with van der Waals surface area (Å²) in [4.78, 5) is 27.5. The lowest BCUT2D eigenvalue weighted by Crippen LogP contribution is -2.50. The summed E-state index contributed by atoms with van der Waals surface area (Å²) in [5.41, 5.74) is 0.414. The Labute approximate surface area is 172 Å². The number of rotatable bonds is 5. The molecule has 10 nitrogen and oxygen atoms in total. The maximum Gasteiger partial charge on any atom is 0.338 e. The van der Waals surface area contributed by atoms with E-state index >= 15 is 0 Å². The van der Waals surface area contributed by atoms with E-state index in [2.05, 4.69) is 14.9 Å². The van der Waals surface area contributed by atoms with E-state index < -0.39 is 16.0 Å². The molecule has 3 rings (SSSR count). The monoisotopic (exact) mass is 439 g/mol. The minimum atomic E-state index is -3.74. The number of anilines is 1. The maximum absolute atomic E-state index is 12.8. The van der Waals surface area contributed by atoms with Gasteiger partial charge in [0.1, 0.15) is 4.21 Å². The molecule has 0 aliphatic carbocycles.